The molecule has 2 fully saturated rings. The van der Waals surface area contributed by atoms with Crippen molar-refractivity contribution < 1.29 is 40.8 Å². The highest BCUT2D eigenvalue weighted by Crippen LogP contribution is 2.32. The molecule has 1 N–H and O–H groups in total. The molecule has 42 heavy (non-hydrogen) atoms. The Hall–Kier alpha value is -4.23. The monoisotopic (exact) mass is 601 g/mol. The number of rotatable bonds is 8. The number of carbonyl (C=O) groups excluding carboxylic acids is 2. The van der Waals surface area contributed by atoms with Crippen molar-refractivity contribution in [1.82, 2.24) is 4.90 Å². The predicted molar refractivity (Wildman–Crippen MR) is 151 cm³/mol. The molecule has 3 aromatic rings. The number of benzene rings is 3. The number of ether oxygens (including phenoxy) is 2. The summed E-state index contributed by atoms with van der Waals surface area (Å²) in [5.41, 5.74) is 1.86. The fraction of sp³-hybridized carbons (Fsp3) is 0.310. The number of amides is 2. The van der Waals surface area contributed by atoms with Crippen LogP contribution in [-0.4, -0.2) is 74.6 Å². The van der Waals surface area contributed by atoms with E-state index in [0.717, 1.165) is 11.6 Å². The normalized spacial score (nSPS) is 17.4. The lowest BCUT2D eigenvalue weighted by atomic mass is 10.0. The highest BCUT2D eigenvalue weighted by Gasteiger charge is 2.33. The standard InChI is InChI=1S/C29H29F2N3O7S/c30-25-17-22(34-18-23(41-29(34)36)10-15-42(37,38)39)7-8-24(25)21-6-9-27(26(31)16-21)32-11-13-33(14-12-32)28(35)40-19-20-4-2-1-3-5-20/h1-9,16-17,23H,10-15,18-19H2,(H,37,38,39)/t23-/m1/s1. The zero-order valence-corrected chi connectivity index (χ0v) is 23.3. The van der Waals surface area contributed by atoms with Gasteiger partial charge in [-0.05, 0) is 41.5 Å². The third-order valence-electron chi connectivity index (χ3n) is 7.18. The maximum Gasteiger partial charge on any atom is 0.414 e. The smallest absolute Gasteiger partial charge is 0.414 e. The molecule has 13 heteroatoms. The van der Waals surface area contributed by atoms with Crippen LogP contribution in [0.15, 0.2) is 66.7 Å². The van der Waals surface area contributed by atoms with Crippen LogP contribution in [0.1, 0.15) is 12.0 Å². The molecule has 2 aliphatic rings. The van der Waals surface area contributed by atoms with Gasteiger partial charge in [-0.1, -0.05) is 36.4 Å². The molecular formula is C29H29F2N3O7S. The first-order chi connectivity index (χ1) is 20.1. The van der Waals surface area contributed by atoms with Gasteiger partial charge in [-0.2, -0.15) is 8.42 Å². The summed E-state index contributed by atoms with van der Waals surface area (Å²) in [6.07, 6.45) is -2.06. The first kappa shape index (κ1) is 29.3. The molecule has 0 bridgehead atoms. The van der Waals surface area contributed by atoms with Crippen LogP contribution < -0.4 is 9.80 Å². The average molecular weight is 602 g/mol. The maximum atomic E-state index is 15.2. The quantitative estimate of drug-likeness (QED) is 0.370. The van der Waals surface area contributed by atoms with Crippen molar-refractivity contribution in [2.24, 2.45) is 0 Å². The molecule has 2 aliphatic heterocycles. The Balaban J connectivity index is 1.19. The second-order valence-corrected chi connectivity index (χ2v) is 11.6. The number of anilines is 2. The Morgan fingerprint density at radius 1 is 0.976 bits per heavy atom. The Morgan fingerprint density at radius 2 is 1.71 bits per heavy atom. The Bertz CT molecular complexity index is 1560. The molecule has 0 radical (unpaired) electrons. The topological polar surface area (TPSA) is 117 Å². The molecule has 0 aromatic heterocycles. The number of carbonyl (C=O) groups is 2. The number of hydrogen-bond acceptors (Lipinski definition) is 7. The van der Waals surface area contributed by atoms with Gasteiger partial charge in [0.05, 0.1) is 23.7 Å². The van der Waals surface area contributed by atoms with E-state index >= 15 is 8.78 Å². The molecule has 2 heterocycles. The van der Waals surface area contributed by atoms with Crippen LogP contribution >= 0.6 is 0 Å². The molecule has 2 saturated heterocycles. The van der Waals surface area contributed by atoms with E-state index in [9.17, 15) is 18.0 Å². The van der Waals surface area contributed by atoms with E-state index in [-0.39, 0.29) is 30.8 Å². The van der Waals surface area contributed by atoms with Crippen molar-refractivity contribution in [2.45, 2.75) is 19.1 Å². The summed E-state index contributed by atoms with van der Waals surface area (Å²) in [4.78, 5) is 29.2. The molecule has 10 nitrogen and oxygen atoms in total. The SMILES string of the molecule is O=C(OCc1ccccc1)N1CCN(c2ccc(-c3ccc(N4C[C@@H](CCS(=O)(=O)O)OC4=O)cc3F)cc2F)CC1. The Kier molecular flexibility index (Phi) is 8.59. The molecule has 0 saturated carbocycles. The minimum atomic E-state index is -4.21. The summed E-state index contributed by atoms with van der Waals surface area (Å²) in [7, 11) is -4.21. The molecule has 3 aromatic carbocycles. The van der Waals surface area contributed by atoms with E-state index in [4.69, 9.17) is 14.0 Å². The summed E-state index contributed by atoms with van der Waals surface area (Å²) < 4.78 is 71.7. The first-order valence-electron chi connectivity index (χ1n) is 13.3. The molecule has 1 atom stereocenters. The Labute approximate surface area is 241 Å². The first-order valence-corrected chi connectivity index (χ1v) is 14.9. The fourth-order valence-electron chi connectivity index (χ4n) is 4.94. The lowest BCUT2D eigenvalue weighted by Crippen LogP contribution is -2.49. The molecule has 2 amide bonds. The maximum absolute atomic E-state index is 15.2. The van der Waals surface area contributed by atoms with Crippen molar-refractivity contribution in [3.05, 3.63) is 83.9 Å². The van der Waals surface area contributed by atoms with Crippen LogP contribution in [0.5, 0.6) is 0 Å². The zero-order chi connectivity index (χ0) is 29.9. The molecular weight excluding hydrogens is 572 g/mol. The van der Waals surface area contributed by atoms with E-state index in [1.54, 1.807) is 17.0 Å². The zero-order valence-electron chi connectivity index (χ0n) is 22.5. The van der Waals surface area contributed by atoms with Crippen molar-refractivity contribution in [1.29, 1.82) is 0 Å². The van der Waals surface area contributed by atoms with Gasteiger partial charge in [0.25, 0.3) is 10.1 Å². The van der Waals surface area contributed by atoms with E-state index in [1.807, 2.05) is 35.2 Å². The average Bonchev–Trinajstić information content (AvgIpc) is 3.35. The molecule has 0 unspecified atom stereocenters. The molecule has 0 aliphatic carbocycles. The van der Waals surface area contributed by atoms with Crippen LogP contribution in [0.2, 0.25) is 0 Å². The van der Waals surface area contributed by atoms with E-state index < -0.39 is 45.8 Å². The summed E-state index contributed by atoms with van der Waals surface area (Å²) in [5.74, 6) is -1.79. The van der Waals surface area contributed by atoms with Crippen molar-refractivity contribution in [3.63, 3.8) is 0 Å². The molecule has 5 rings (SSSR count). The van der Waals surface area contributed by atoms with E-state index in [1.165, 1.54) is 23.1 Å². The second kappa shape index (κ2) is 12.3. The lowest BCUT2D eigenvalue weighted by Gasteiger charge is -2.35. The third kappa shape index (κ3) is 6.97. The third-order valence-corrected chi connectivity index (χ3v) is 7.93. The highest BCUT2D eigenvalue weighted by atomic mass is 32.2. The number of halogens is 2. The van der Waals surface area contributed by atoms with Gasteiger partial charge in [0.15, 0.2) is 0 Å². The van der Waals surface area contributed by atoms with Gasteiger partial charge in [0.2, 0.25) is 0 Å². The van der Waals surface area contributed by atoms with Crippen LogP contribution in [0.3, 0.4) is 0 Å². The van der Waals surface area contributed by atoms with E-state index in [2.05, 4.69) is 0 Å². The van der Waals surface area contributed by atoms with Gasteiger partial charge >= 0.3 is 12.2 Å². The minimum absolute atomic E-state index is 0.00548. The predicted octanol–water partition coefficient (Wildman–Crippen LogP) is 4.69. The van der Waals surface area contributed by atoms with Crippen molar-refractivity contribution >= 4 is 33.7 Å². The van der Waals surface area contributed by atoms with Gasteiger partial charge in [-0.15, -0.1) is 0 Å². The Morgan fingerprint density at radius 3 is 2.38 bits per heavy atom. The van der Waals surface area contributed by atoms with Crippen molar-refractivity contribution in [2.75, 3.05) is 48.3 Å². The molecule has 222 valence electrons. The second-order valence-electron chi connectivity index (χ2n) is 10.0. The van der Waals surface area contributed by atoms with Crippen LogP contribution in [0.25, 0.3) is 11.1 Å². The van der Waals surface area contributed by atoms with Crippen LogP contribution in [0.4, 0.5) is 29.7 Å². The van der Waals surface area contributed by atoms with Crippen molar-refractivity contribution in [3.8, 4) is 11.1 Å². The fourth-order valence-corrected chi connectivity index (χ4v) is 5.50. The van der Waals surface area contributed by atoms with Gasteiger partial charge in [-0.3, -0.25) is 9.45 Å². The van der Waals surface area contributed by atoms with Crippen LogP contribution in [-0.2, 0) is 26.2 Å². The van der Waals surface area contributed by atoms with Gasteiger partial charge in [0.1, 0.15) is 24.3 Å². The lowest BCUT2D eigenvalue weighted by molar-refractivity contribution is 0.0941. The highest BCUT2D eigenvalue weighted by molar-refractivity contribution is 7.85. The number of piperazine rings is 1. The molecule has 0 spiro atoms. The number of nitrogens with zero attached hydrogens (tertiary/aromatic N) is 3. The summed E-state index contributed by atoms with van der Waals surface area (Å²) >= 11 is 0. The van der Waals surface area contributed by atoms with Crippen LogP contribution in [0, 0.1) is 11.6 Å². The van der Waals surface area contributed by atoms with Gasteiger partial charge < -0.3 is 19.3 Å². The van der Waals surface area contributed by atoms with E-state index in [0.29, 0.717) is 37.4 Å². The summed E-state index contributed by atoms with van der Waals surface area (Å²) in [6, 6.07) is 17.8. The number of cyclic esters (lactones) is 1. The summed E-state index contributed by atoms with van der Waals surface area (Å²) in [6.45, 7) is 1.69. The minimum Gasteiger partial charge on any atom is -0.445 e. The number of hydrogen-bond donors (Lipinski definition) is 1. The largest absolute Gasteiger partial charge is 0.445 e. The summed E-state index contributed by atoms with van der Waals surface area (Å²) in [5, 5.41) is 0. The van der Waals surface area contributed by atoms with Gasteiger partial charge in [-0.25, -0.2) is 18.4 Å². The van der Waals surface area contributed by atoms with Gasteiger partial charge in [0, 0.05) is 38.2 Å².